The average molecular weight is 360 g/mol. The van der Waals surface area contributed by atoms with Crippen LogP contribution in [0.5, 0.6) is 0 Å². The summed E-state index contributed by atoms with van der Waals surface area (Å²) in [7, 11) is 0. The Morgan fingerprint density at radius 1 is 1.50 bits per heavy atom. The first kappa shape index (κ1) is 19.0. The van der Waals surface area contributed by atoms with Gasteiger partial charge in [-0.2, -0.15) is 0 Å². The SMILES string of the molecule is CC(C)(C)OC(=O)N1CCOC(c2ccc(Cl)c(F)c2)C(CO)C1. The summed E-state index contributed by atoms with van der Waals surface area (Å²) in [5.41, 5.74) is -0.0144. The smallest absolute Gasteiger partial charge is 0.410 e. The van der Waals surface area contributed by atoms with E-state index in [2.05, 4.69) is 0 Å². The average Bonchev–Trinajstić information content (AvgIpc) is 2.70. The number of aliphatic hydroxyl groups excluding tert-OH is 1. The van der Waals surface area contributed by atoms with Gasteiger partial charge in [-0.25, -0.2) is 9.18 Å². The molecule has 1 aromatic carbocycles. The molecule has 24 heavy (non-hydrogen) atoms. The van der Waals surface area contributed by atoms with Gasteiger partial charge >= 0.3 is 6.09 Å². The molecule has 5 nitrogen and oxygen atoms in total. The second-order valence-corrected chi connectivity index (χ2v) is 7.24. The molecular weight excluding hydrogens is 337 g/mol. The van der Waals surface area contributed by atoms with Gasteiger partial charge in [0, 0.05) is 19.0 Å². The molecule has 1 heterocycles. The second-order valence-electron chi connectivity index (χ2n) is 6.83. The molecule has 1 saturated heterocycles. The van der Waals surface area contributed by atoms with Crippen molar-refractivity contribution in [2.45, 2.75) is 32.5 Å². The van der Waals surface area contributed by atoms with E-state index in [1.165, 1.54) is 17.0 Å². The fraction of sp³-hybridized carbons (Fsp3) is 0.588. The highest BCUT2D eigenvalue weighted by Gasteiger charge is 2.33. The van der Waals surface area contributed by atoms with Gasteiger partial charge in [-0.05, 0) is 38.5 Å². The number of nitrogens with zero attached hydrogens (tertiary/aromatic N) is 1. The Labute approximate surface area is 146 Å². The number of hydrogen-bond acceptors (Lipinski definition) is 4. The van der Waals surface area contributed by atoms with E-state index in [1.54, 1.807) is 26.8 Å². The maximum Gasteiger partial charge on any atom is 0.410 e. The zero-order chi connectivity index (χ0) is 17.9. The summed E-state index contributed by atoms with van der Waals surface area (Å²) in [6.45, 7) is 6.06. The number of ether oxygens (including phenoxy) is 2. The number of hydrogen-bond donors (Lipinski definition) is 1. The Bertz CT molecular complexity index is 590. The number of aliphatic hydroxyl groups is 1. The summed E-state index contributed by atoms with van der Waals surface area (Å²) in [6, 6.07) is 4.43. The first-order valence-electron chi connectivity index (χ1n) is 7.86. The summed E-state index contributed by atoms with van der Waals surface area (Å²) >= 11 is 5.71. The van der Waals surface area contributed by atoms with E-state index in [0.717, 1.165) is 0 Å². The van der Waals surface area contributed by atoms with Crippen LogP contribution in [-0.2, 0) is 9.47 Å². The Morgan fingerprint density at radius 2 is 2.21 bits per heavy atom. The number of amides is 1. The lowest BCUT2D eigenvalue weighted by molar-refractivity contribution is 0.0106. The molecule has 0 radical (unpaired) electrons. The number of carbonyl (C=O) groups is 1. The van der Waals surface area contributed by atoms with Crippen molar-refractivity contribution in [2.24, 2.45) is 5.92 Å². The predicted molar refractivity (Wildman–Crippen MR) is 88.5 cm³/mol. The molecular formula is C17H23ClFNO4. The van der Waals surface area contributed by atoms with Crippen LogP contribution in [0.15, 0.2) is 18.2 Å². The molecule has 2 unspecified atom stereocenters. The summed E-state index contributed by atoms with van der Waals surface area (Å²) in [5.74, 6) is -0.928. The van der Waals surface area contributed by atoms with Crippen LogP contribution in [0, 0.1) is 11.7 Å². The summed E-state index contributed by atoms with van der Waals surface area (Å²) in [4.78, 5) is 13.8. The van der Waals surface area contributed by atoms with Crippen molar-refractivity contribution in [3.05, 3.63) is 34.6 Å². The molecule has 0 aliphatic carbocycles. The monoisotopic (exact) mass is 359 g/mol. The first-order chi connectivity index (χ1) is 11.2. The number of benzene rings is 1. The van der Waals surface area contributed by atoms with E-state index in [0.29, 0.717) is 12.1 Å². The molecule has 1 fully saturated rings. The van der Waals surface area contributed by atoms with Gasteiger partial charge in [0.15, 0.2) is 0 Å². The molecule has 1 aliphatic heterocycles. The van der Waals surface area contributed by atoms with Gasteiger partial charge in [0.2, 0.25) is 0 Å². The maximum atomic E-state index is 13.7. The van der Waals surface area contributed by atoms with Crippen LogP contribution >= 0.6 is 11.6 Å². The van der Waals surface area contributed by atoms with E-state index >= 15 is 0 Å². The van der Waals surface area contributed by atoms with Gasteiger partial charge in [-0.15, -0.1) is 0 Å². The van der Waals surface area contributed by atoms with E-state index in [4.69, 9.17) is 21.1 Å². The van der Waals surface area contributed by atoms with Crippen LogP contribution in [0.1, 0.15) is 32.4 Å². The number of rotatable bonds is 2. The Morgan fingerprint density at radius 3 is 2.79 bits per heavy atom. The van der Waals surface area contributed by atoms with Crippen molar-refractivity contribution in [3.8, 4) is 0 Å². The van der Waals surface area contributed by atoms with Crippen molar-refractivity contribution in [1.82, 2.24) is 4.90 Å². The van der Waals surface area contributed by atoms with Crippen molar-refractivity contribution in [1.29, 1.82) is 0 Å². The normalized spacial score (nSPS) is 22.2. The van der Waals surface area contributed by atoms with Gasteiger partial charge in [0.1, 0.15) is 11.4 Å². The van der Waals surface area contributed by atoms with Crippen molar-refractivity contribution < 1.29 is 23.8 Å². The molecule has 134 valence electrons. The molecule has 0 spiro atoms. The largest absolute Gasteiger partial charge is 0.444 e. The first-order valence-corrected chi connectivity index (χ1v) is 8.24. The molecule has 2 rings (SSSR count). The molecule has 7 heteroatoms. The van der Waals surface area contributed by atoms with Crippen molar-refractivity contribution in [2.75, 3.05) is 26.3 Å². The molecule has 2 atom stereocenters. The highest BCUT2D eigenvalue weighted by molar-refractivity contribution is 6.30. The minimum atomic E-state index is -0.600. The highest BCUT2D eigenvalue weighted by atomic mass is 35.5. The summed E-state index contributed by atoms with van der Waals surface area (Å²) in [5, 5.41) is 9.76. The molecule has 1 amide bonds. The minimum absolute atomic E-state index is 0.0308. The van der Waals surface area contributed by atoms with Crippen LogP contribution in [0.3, 0.4) is 0 Å². The Kier molecular flexibility index (Phi) is 6.06. The van der Waals surface area contributed by atoms with Crippen molar-refractivity contribution in [3.63, 3.8) is 0 Å². The Hall–Kier alpha value is -1.37. The predicted octanol–water partition coefficient (Wildman–Crippen LogP) is 3.40. The fourth-order valence-electron chi connectivity index (χ4n) is 2.60. The highest BCUT2D eigenvalue weighted by Crippen LogP contribution is 2.31. The van der Waals surface area contributed by atoms with Gasteiger partial charge in [-0.3, -0.25) is 0 Å². The van der Waals surface area contributed by atoms with Crippen LogP contribution in [0.2, 0.25) is 5.02 Å². The lowest BCUT2D eigenvalue weighted by atomic mass is 9.96. The third kappa shape index (κ3) is 4.82. The molecule has 1 aromatic rings. The molecule has 1 N–H and O–H groups in total. The van der Waals surface area contributed by atoms with Gasteiger partial charge in [0.05, 0.1) is 24.3 Å². The zero-order valence-corrected chi connectivity index (χ0v) is 14.8. The standard InChI is InChI=1S/C17H23ClFNO4/c1-17(2,3)24-16(22)20-6-7-23-15(12(9-20)10-21)11-4-5-13(18)14(19)8-11/h4-5,8,12,15,21H,6-7,9-10H2,1-3H3. The third-order valence-corrected chi connectivity index (χ3v) is 4.01. The summed E-state index contributed by atoms with van der Waals surface area (Å²) in [6.07, 6.45) is -0.971. The van der Waals surface area contributed by atoms with Crippen LogP contribution < -0.4 is 0 Å². The van der Waals surface area contributed by atoms with E-state index < -0.39 is 23.6 Å². The van der Waals surface area contributed by atoms with Gasteiger partial charge in [0.25, 0.3) is 0 Å². The molecule has 0 bridgehead atoms. The van der Waals surface area contributed by atoms with Gasteiger partial charge < -0.3 is 19.5 Å². The third-order valence-electron chi connectivity index (χ3n) is 3.70. The lowest BCUT2D eigenvalue weighted by Crippen LogP contribution is -2.40. The topological polar surface area (TPSA) is 59.0 Å². The number of halogens is 2. The van der Waals surface area contributed by atoms with Gasteiger partial charge in [-0.1, -0.05) is 17.7 Å². The van der Waals surface area contributed by atoms with Crippen LogP contribution in [-0.4, -0.2) is 48.0 Å². The molecule has 0 aromatic heterocycles. The lowest BCUT2D eigenvalue weighted by Gasteiger charge is -2.28. The zero-order valence-electron chi connectivity index (χ0n) is 14.1. The van der Waals surface area contributed by atoms with E-state index in [-0.39, 0.29) is 30.7 Å². The fourth-order valence-corrected chi connectivity index (χ4v) is 2.72. The molecule has 0 saturated carbocycles. The maximum absolute atomic E-state index is 13.7. The Balaban J connectivity index is 2.16. The molecule has 1 aliphatic rings. The van der Waals surface area contributed by atoms with E-state index in [1.807, 2.05) is 0 Å². The van der Waals surface area contributed by atoms with Crippen LogP contribution in [0.4, 0.5) is 9.18 Å². The minimum Gasteiger partial charge on any atom is -0.444 e. The van der Waals surface area contributed by atoms with E-state index in [9.17, 15) is 14.3 Å². The number of carbonyl (C=O) groups excluding carboxylic acids is 1. The second kappa shape index (κ2) is 7.68. The van der Waals surface area contributed by atoms with Crippen molar-refractivity contribution >= 4 is 17.7 Å². The quantitative estimate of drug-likeness (QED) is 0.879. The van der Waals surface area contributed by atoms with Crippen LogP contribution in [0.25, 0.3) is 0 Å². The summed E-state index contributed by atoms with van der Waals surface area (Å²) < 4.78 is 24.9.